The molecule has 0 fully saturated rings. The molecule has 0 aliphatic rings. The summed E-state index contributed by atoms with van der Waals surface area (Å²) in [5.74, 6) is 0.359. The number of halogens is 1. The van der Waals surface area contributed by atoms with Crippen LogP contribution in [0.25, 0.3) is 0 Å². The molecule has 0 saturated carbocycles. The quantitative estimate of drug-likeness (QED) is 0.697. The van der Waals surface area contributed by atoms with E-state index in [1.54, 1.807) is 0 Å². The molecule has 0 radical (unpaired) electrons. The largest absolute Gasteiger partial charge is 0.474 e. The number of ether oxygens (including phenoxy) is 2. The van der Waals surface area contributed by atoms with Crippen LogP contribution >= 0.6 is 11.6 Å². The van der Waals surface area contributed by atoms with Gasteiger partial charge in [-0.15, -0.1) is 5.10 Å². The molecule has 0 spiro atoms. The molecule has 14 heavy (non-hydrogen) atoms. The summed E-state index contributed by atoms with van der Waals surface area (Å²) in [5, 5.41) is 7.15. The number of hydrogen-bond acceptors (Lipinski definition) is 5. The molecule has 0 unspecified atom stereocenters. The van der Waals surface area contributed by atoms with Gasteiger partial charge in [-0.3, -0.25) is 0 Å². The van der Waals surface area contributed by atoms with Gasteiger partial charge in [-0.05, 0) is 25.4 Å². The molecular formula is C8H12ClN3O2. The van der Waals surface area contributed by atoms with Gasteiger partial charge in [0.25, 0.3) is 0 Å². The van der Waals surface area contributed by atoms with Crippen molar-refractivity contribution >= 4 is 11.6 Å². The standard InChI is InChI=1S/C8H12ClN3O2/c1-6(2)13-3-4-14-7-5-10-12-8(9)11-7/h5-6H,3-4H2,1-2H3. The highest BCUT2D eigenvalue weighted by atomic mass is 35.5. The first-order chi connectivity index (χ1) is 6.68. The van der Waals surface area contributed by atoms with Crippen molar-refractivity contribution in [3.8, 4) is 5.88 Å². The number of hydrogen-bond donors (Lipinski definition) is 0. The van der Waals surface area contributed by atoms with E-state index in [0.29, 0.717) is 19.1 Å². The molecule has 78 valence electrons. The molecule has 0 bridgehead atoms. The summed E-state index contributed by atoms with van der Waals surface area (Å²) >= 11 is 5.51. The molecule has 0 saturated heterocycles. The van der Waals surface area contributed by atoms with Gasteiger partial charge >= 0.3 is 0 Å². The minimum Gasteiger partial charge on any atom is -0.474 e. The van der Waals surface area contributed by atoms with Crippen LogP contribution in [-0.4, -0.2) is 34.5 Å². The topological polar surface area (TPSA) is 57.1 Å². The van der Waals surface area contributed by atoms with Crippen molar-refractivity contribution in [2.75, 3.05) is 13.2 Å². The predicted molar refractivity (Wildman–Crippen MR) is 51.4 cm³/mol. The van der Waals surface area contributed by atoms with E-state index in [0.717, 1.165) is 0 Å². The fourth-order valence-corrected chi connectivity index (χ4v) is 0.895. The van der Waals surface area contributed by atoms with Crippen LogP contribution in [0, 0.1) is 0 Å². The van der Waals surface area contributed by atoms with Gasteiger partial charge in [0, 0.05) is 0 Å². The zero-order valence-electron chi connectivity index (χ0n) is 8.11. The van der Waals surface area contributed by atoms with Gasteiger partial charge in [0.1, 0.15) is 12.8 Å². The molecule has 0 amide bonds. The van der Waals surface area contributed by atoms with Gasteiger partial charge in [0.2, 0.25) is 11.2 Å². The van der Waals surface area contributed by atoms with Gasteiger partial charge in [0.05, 0.1) is 12.7 Å². The third kappa shape index (κ3) is 4.34. The van der Waals surface area contributed by atoms with Crippen molar-refractivity contribution in [2.45, 2.75) is 20.0 Å². The maximum atomic E-state index is 5.51. The lowest BCUT2D eigenvalue weighted by Crippen LogP contribution is -2.12. The minimum atomic E-state index is 0.0762. The maximum Gasteiger partial charge on any atom is 0.246 e. The Morgan fingerprint density at radius 1 is 1.43 bits per heavy atom. The Morgan fingerprint density at radius 2 is 2.21 bits per heavy atom. The summed E-state index contributed by atoms with van der Waals surface area (Å²) in [5.41, 5.74) is 0. The summed E-state index contributed by atoms with van der Waals surface area (Å²) in [7, 11) is 0. The minimum absolute atomic E-state index is 0.0762. The third-order valence-corrected chi connectivity index (χ3v) is 1.46. The van der Waals surface area contributed by atoms with Crippen molar-refractivity contribution < 1.29 is 9.47 Å². The molecule has 1 heterocycles. The van der Waals surface area contributed by atoms with Gasteiger partial charge in [-0.2, -0.15) is 10.1 Å². The average Bonchev–Trinajstić information content (AvgIpc) is 2.12. The fraction of sp³-hybridized carbons (Fsp3) is 0.625. The van der Waals surface area contributed by atoms with Crippen molar-refractivity contribution in [2.24, 2.45) is 0 Å². The Balaban J connectivity index is 2.25. The Hall–Kier alpha value is -0.940. The number of rotatable bonds is 5. The van der Waals surface area contributed by atoms with Gasteiger partial charge in [-0.1, -0.05) is 0 Å². The van der Waals surface area contributed by atoms with Crippen molar-refractivity contribution in [3.05, 3.63) is 11.5 Å². The maximum absolute atomic E-state index is 5.51. The van der Waals surface area contributed by atoms with E-state index >= 15 is 0 Å². The van der Waals surface area contributed by atoms with E-state index in [1.807, 2.05) is 13.8 Å². The lowest BCUT2D eigenvalue weighted by molar-refractivity contribution is 0.0541. The molecule has 6 heteroatoms. The molecule has 0 aliphatic heterocycles. The van der Waals surface area contributed by atoms with Gasteiger partial charge in [0.15, 0.2) is 0 Å². The fourth-order valence-electron chi connectivity index (χ4n) is 0.768. The molecule has 0 aliphatic carbocycles. The molecule has 0 atom stereocenters. The van der Waals surface area contributed by atoms with Crippen LogP contribution in [0.4, 0.5) is 0 Å². The second-order valence-electron chi connectivity index (χ2n) is 2.83. The van der Waals surface area contributed by atoms with E-state index < -0.39 is 0 Å². The van der Waals surface area contributed by atoms with Crippen molar-refractivity contribution in [1.29, 1.82) is 0 Å². The smallest absolute Gasteiger partial charge is 0.246 e. The van der Waals surface area contributed by atoms with Crippen LogP contribution in [0.1, 0.15) is 13.8 Å². The summed E-state index contributed by atoms with van der Waals surface area (Å²) in [6.45, 7) is 4.86. The van der Waals surface area contributed by atoms with Crippen LogP contribution in [0.3, 0.4) is 0 Å². The van der Waals surface area contributed by atoms with E-state index in [9.17, 15) is 0 Å². The molecule has 1 aromatic heterocycles. The van der Waals surface area contributed by atoms with Crippen LogP contribution in [-0.2, 0) is 4.74 Å². The van der Waals surface area contributed by atoms with E-state index in [1.165, 1.54) is 6.20 Å². The molecule has 0 N–H and O–H groups in total. The second kappa shape index (κ2) is 5.72. The molecule has 0 aromatic carbocycles. The lowest BCUT2D eigenvalue weighted by atomic mass is 10.5. The summed E-state index contributed by atoms with van der Waals surface area (Å²) < 4.78 is 10.5. The van der Waals surface area contributed by atoms with Gasteiger partial charge < -0.3 is 9.47 Å². The molecule has 5 nitrogen and oxygen atoms in total. The van der Waals surface area contributed by atoms with Crippen LogP contribution in [0.15, 0.2) is 6.20 Å². The first-order valence-corrected chi connectivity index (χ1v) is 4.66. The van der Waals surface area contributed by atoms with Crippen LogP contribution < -0.4 is 4.74 Å². The van der Waals surface area contributed by atoms with E-state index in [2.05, 4.69) is 15.2 Å². The average molecular weight is 218 g/mol. The summed E-state index contributed by atoms with van der Waals surface area (Å²) in [6, 6.07) is 0. The molecule has 1 aromatic rings. The SMILES string of the molecule is CC(C)OCCOc1cnnc(Cl)n1. The highest BCUT2D eigenvalue weighted by molar-refractivity contribution is 6.28. The van der Waals surface area contributed by atoms with E-state index in [4.69, 9.17) is 21.1 Å². The normalized spacial score (nSPS) is 10.6. The number of nitrogens with zero attached hydrogens (tertiary/aromatic N) is 3. The van der Waals surface area contributed by atoms with Crippen molar-refractivity contribution in [1.82, 2.24) is 15.2 Å². The zero-order chi connectivity index (χ0) is 10.4. The van der Waals surface area contributed by atoms with E-state index in [-0.39, 0.29) is 11.4 Å². The van der Waals surface area contributed by atoms with Crippen molar-refractivity contribution in [3.63, 3.8) is 0 Å². The number of aromatic nitrogens is 3. The Kier molecular flexibility index (Phi) is 4.55. The summed E-state index contributed by atoms with van der Waals surface area (Å²) in [6.07, 6.45) is 1.60. The summed E-state index contributed by atoms with van der Waals surface area (Å²) in [4.78, 5) is 3.80. The Morgan fingerprint density at radius 3 is 2.86 bits per heavy atom. The highest BCUT2D eigenvalue weighted by Gasteiger charge is 1.99. The predicted octanol–water partition coefficient (Wildman–Crippen LogP) is 1.33. The van der Waals surface area contributed by atoms with Crippen LogP contribution in [0.2, 0.25) is 5.28 Å². The van der Waals surface area contributed by atoms with Crippen LogP contribution in [0.5, 0.6) is 5.88 Å². The molecular weight excluding hydrogens is 206 g/mol. The lowest BCUT2D eigenvalue weighted by Gasteiger charge is -2.07. The zero-order valence-corrected chi connectivity index (χ0v) is 8.86. The highest BCUT2D eigenvalue weighted by Crippen LogP contribution is 2.05. The third-order valence-electron chi connectivity index (χ3n) is 1.30. The Labute approximate surface area is 87.4 Å². The Bertz CT molecular complexity index is 283. The second-order valence-corrected chi connectivity index (χ2v) is 3.17. The van der Waals surface area contributed by atoms with Gasteiger partial charge in [-0.25, -0.2) is 0 Å². The first-order valence-electron chi connectivity index (χ1n) is 4.28. The molecule has 1 rings (SSSR count). The first kappa shape index (κ1) is 11.1. The monoisotopic (exact) mass is 217 g/mol.